The monoisotopic (exact) mass is 422 g/mol. The molecule has 33 heavy (non-hydrogen) atoms. The summed E-state index contributed by atoms with van der Waals surface area (Å²) in [4.78, 5) is 0. The normalized spacial score (nSPS) is 10.4. The van der Waals surface area contributed by atoms with E-state index in [0.717, 1.165) is 22.5 Å². The molecule has 0 saturated heterocycles. The zero-order valence-electron chi connectivity index (χ0n) is 18.1. The van der Waals surface area contributed by atoms with Gasteiger partial charge >= 0.3 is 0 Å². The van der Waals surface area contributed by atoms with Gasteiger partial charge in [-0.25, -0.2) is 0 Å². The van der Waals surface area contributed by atoms with Gasteiger partial charge in [0.25, 0.3) is 0 Å². The summed E-state index contributed by atoms with van der Waals surface area (Å²) < 4.78 is 0. The molecule has 0 atom stereocenters. The Morgan fingerprint density at radius 2 is 1.03 bits per heavy atom. The van der Waals surface area contributed by atoms with Crippen LogP contribution < -0.4 is 5.32 Å². The van der Waals surface area contributed by atoms with Gasteiger partial charge in [-0.1, -0.05) is 84.9 Å². The molecule has 0 aliphatic heterocycles. The van der Waals surface area contributed by atoms with Crippen LogP contribution in [0.4, 0.5) is 11.4 Å². The van der Waals surface area contributed by atoms with Crippen molar-refractivity contribution >= 4 is 11.4 Å². The smallest absolute Gasteiger partial charge is 0.0991 e. The predicted octanol–water partition coefficient (Wildman–Crippen LogP) is 8.30. The molecule has 0 unspecified atom stereocenters. The lowest BCUT2D eigenvalue weighted by Gasteiger charge is -2.14. The molecule has 0 bridgehead atoms. The van der Waals surface area contributed by atoms with Crippen molar-refractivity contribution in [1.82, 2.24) is 0 Å². The third kappa shape index (κ3) is 4.54. The Hall–Kier alpha value is -4.61. The summed E-state index contributed by atoms with van der Waals surface area (Å²) in [5, 5.41) is 12.5. The number of para-hydroxylation sites is 1. The zero-order chi connectivity index (χ0) is 22.5. The van der Waals surface area contributed by atoms with Gasteiger partial charge in [0, 0.05) is 16.9 Å². The van der Waals surface area contributed by atoms with E-state index in [-0.39, 0.29) is 0 Å². The van der Waals surface area contributed by atoms with Crippen LogP contribution in [-0.2, 0) is 0 Å². The largest absolute Gasteiger partial charge is 0.355 e. The van der Waals surface area contributed by atoms with Crippen LogP contribution in [0.3, 0.4) is 0 Å². The highest BCUT2D eigenvalue weighted by Crippen LogP contribution is 2.34. The summed E-state index contributed by atoms with van der Waals surface area (Å²) in [5.41, 5.74) is 9.70. The molecule has 156 valence electrons. The Bertz CT molecular complexity index is 1430. The van der Waals surface area contributed by atoms with Crippen molar-refractivity contribution in [1.29, 1.82) is 5.26 Å². The van der Waals surface area contributed by atoms with Gasteiger partial charge in [0.2, 0.25) is 0 Å². The average Bonchev–Trinajstić information content (AvgIpc) is 2.90. The van der Waals surface area contributed by atoms with E-state index < -0.39 is 0 Å². The fourth-order valence-electron chi connectivity index (χ4n) is 4.00. The second kappa shape index (κ2) is 9.26. The number of nitriles is 1. The van der Waals surface area contributed by atoms with Crippen molar-refractivity contribution in [3.05, 3.63) is 133 Å². The molecule has 0 heterocycles. The van der Waals surface area contributed by atoms with Gasteiger partial charge in [-0.2, -0.15) is 5.26 Å². The van der Waals surface area contributed by atoms with Crippen LogP contribution in [-0.4, -0.2) is 0 Å². The zero-order valence-corrected chi connectivity index (χ0v) is 18.1. The van der Waals surface area contributed by atoms with Crippen molar-refractivity contribution in [3.8, 4) is 39.4 Å². The van der Waals surface area contributed by atoms with E-state index in [0.29, 0.717) is 5.56 Å². The summed E-state index contributed by atoms with van der Waals surface area (Å²) in [5.74, 6) is 0. The summed E-state index contributed by atoms with van der Waals surface area (Å²) in [6.45, 7) is 0. The highest BCUT2D eigenvalue weighted by atomic mass is 14.9. The maximum Gasteiger partial charge on any atom is 0.0991 e. The predicted molar refractivity (Wildman–Crippen MR) is 137 cm³/mol. The third-order valence-corrected chi connectivity index (χ3v) is 5.70. The summed E-state index contributed by atoms with van der Waals surface area (Å²) in [6.07, 6.45) is 0. The molecule has 0 radical (unpaired) electrons. The van der Waals surface area contributed by atoms with E-state index in [1.807, 2.05) is 36.4 Å². The van der Waals surface area contributed by atoms with Gasteiger partial charge in [-0.3, -0.25) is 0 Å². The first-order valence-electron chi connectivity index (χ1n) is 10.9. The first kappa shape index (κ1) is 20.3. The van der Waals surface area contributed by atoms with Crippen molar-refractivity contribution in [2.45, 2.75) is 0 Å². The minimum absolute atomic E-state index is 0.652. The summed E-state index contributed by atoms with van der Waals surface area (Å²) in [6, 6.07) is 45.8. The molecule has 5 aromatic carbocycles. The Kier molecular flexibility index (Phi) is 5.70. The van der Waals surface area contributed by atoms with Gasteiger partial charge in [-0.05, 0) is 70.3 Å². The number of anilines is 2. The van der Waals surface area contributed by atoms with Gasteiger partial charge in [0.05, 0.1) is 11.6 Å². The molecule has 0 aromatic heterocycles. The van der Waals surface area contributed by atoms with Crippen molar-refractivity contribution in [2.75, 3.05) is 5.32 Å². The topological polar surface area (TPSA) is 35.8 Å². The first-order valence-corrected chi connectivity index (χ1v) is 10.9. The van der Waals surface area contributed by atoms with E-state index in [2.05, 4.69) is 102 Å². The minimum atomic E-state index is 0.652. The fourth-order valence-corrected chi connectivity index (χ4v) is 4.00. The maximum absolute atomic E-state index is 9.04. The Balaban J connectivity index is 1.49. The van der Waals surface area contributed by atoms with Gasteiger partial charge in [0.15, 0.2) is 0 Å². The lowest BCUT2D eigenvalue weighted by atomic mass is 9.95. The average molecular weight is 423 g/mol. The van der Waals surface area contributed by atoms with E-state index in [1.54, 1.807) is 0 Å². The highest BCUT2D eigenvalue weighted by molar-refractivity contribution is 5.84. The molecule has 2 nitrogen and oxygen atoms in total. The number of hydrogen-bond donors (Lipinski definition) is 1. The minimum Gasteiger partial charge on any atom is -0.355 e. The summed E-state index contributed by atoms with van der Waals surface area (Å²) >= 11 is 0. The maximum atomic E-state index is 9.04. The van der Waals surface area contributed by atoms with Gasteiger partial charge in [-0.15, -0.1) is 0 Å². The lowest BCUT2D eigenvalue weighted by molar-refractivity contribution is 1.47. The molecule has 0 amide bonds. The third-order valence-electron chi connectivity index (χ3n) is 5.70. The molecular weight excluding hydrogens is 400 g/mol. The van der Waals surface area contributed by atoms with Crippen molar-refractivity contribution < 1.29 is 0 Å². The van der Waals surface area contributed by atoms with Crippen molar-refractivity contribution in [2.24, 2.45) is 0 Å². The lowest BCUT2D eigenvalue weighted by Crippen LogP contribution is -1.93. The van der Waals surface area contributed by atoms with E-state index in [1.165, 1.54) is 22.3 Å². The molecule has 0 aliphatic rings. The molecule has 0 saturated carbocycles. The van der Waals surface area contributed by atoms with Crippen LogP contribution in [0, 0.1) is 11.3 Å². The number of nitrogens with one attached hydrogen (secondary N) is 1. The van der Waals surface area contributed by atoms with E-state index in [4.69, 9.17) is 5.26 Å². The van der Waals surface area contributed by atoms with Crippen molar-refractivity contribution in [3.63, 3.8) is 0 Å². The number of nitrogens with zero attached hydrogens (tertiary/aromatic N) is 1. The fraction of sp³-hybridized carbons (Fsp3) is 0. The van der Waals surface area contributed by atoms with Gasteiger partial charge < -0.3 is 5.32 Å². The molecule has 2 heteroatoms. The quantitative estimate of drug-likeness (QED) is 0.309. The van der Waals surface area contributed by atoms with Crippen LogP contribution in [0.15, 0.2) is 127 Å². The standard InChI is InChI=1S/C31H22N2/c32-22-23-16-18-29(19-17-23)33-31-15-5-4-14-30(31)28-13-7-12-27(21-28)26-11-6-10-25(20-26)24-8-2-1-3-9-24/h1-21,33H. The molecule has 0 aliphatic carbocycles. The van der Waals surface area contributed by atoms with Crippen LogP contribution in [0.25, 0.3) is 33.4 Å². The number of hydrogen-bond acceptors (Lipinski definition) is 2. The van der Waals surface area contributed by atoms with Crippen LogP contribution in [0.5, 0.6) is 0 Å². The molecule has 5 rings (SSSR count). The Morgan fingerprint density at radius 1 is 0.485 bits per heavy atom. The SMILES string of the molecule is N#Cc1ccc(Nc2ccccc2-c2cccc(-c3cccc(-c4ccccc4)c3)c2)cc1. The first-order chi connectivity index (χ1) is 16.3. The van der Waals surface area contributed by atoms with E-state index >= 15 is 0 Å². The van der Waals surface area contributed by atoms with Crippen LogP contribution in [0.2, 0.25) is 0 Å². The Morgan fingerprint density at radius 3 is 1.73 bits per heavy atom. The molecule has 0 spiro atoms. The van der Waals surface area contributed by atoms with Crippen LogP contribution >= 0.6 is 0 Å². The number of benzene rings is 5. The van der Waals surface area contributed by atoms with E-state index in [9.17, 15) is 0 Å². The molecule has 0 fully saturated rings. The second-order valence-corrected chi connectivity index (χ2v) is 7.89. The van der Waals surface area contributed by atoms with Crippen LogP contribution in [0.1, 0.15) is 5.56 Å². The molecule has 5 aromatic rings. The number of rotatable bonds is 5. The summed E-state index contributed by atoms with van der Waals surface area (Å²) in [7, 11) is 0. The Labute approximate surface area is 194 Å². The molecular formula is C31H22N2. The second-order valence-electron chi connectivity index (χ2n) is 7.89. The highest BCUT2D eigenvalue weighted by Gasteiger charge is 2.08. The van der Waals surface area contributed by atoms with Gasteiger partial charge in [0.1, 0.15) is 0 Å². The molecule has 1 N–H and O–H groups in total.